The quantitative estimate of drug-likeness (QED) is 0.614. The van der Waals surface area contributed by atoms with Crippen LogP contribution in [0.5, 0.6) is 17.2 Å². The van der Waals surface area contributed by atoms with Crippen LogP contribution in [-0.4, -0.2) is 74.2 Å². The number of urea groups is 1. The molecular weight excluding hydrogens is 431 g/mol. The number of aromatic amines is 1. The molecule has 0 spiro atoms. The van der Waals surface area contributed by atoms with Gasteiger partial charge in [-0.3, -0.25) is 4.79 Å². The number of carbonyl (C=O) groups excluding carboxylic acids is 2. The first kappa shape index (κ1) is 22.3. The number of nitrogens with one attached hydrogen (secondary N) is 2. The maximum absolute atomic E-state index is 13.1. The lowest BCUT2D eigenvalue weighted by molar-refractivity contribution is 0.0667. The normalized spacial score (nSPS) is 13.7. The molecule has 0 saturated carbocycles. The van der Waals surface area contributed by atoms with Gasteiger partial charge in [0, 0.05) is 43.3 Å². The fourth-order valence-electron chi connectivity index (χ4n) is 3.87. The smallest absolute Gasteiger partial charge is 0.321 e. The van der Waals surface area contributed by atoms with E-state index in [1.54, 1.807) is 29.0 Å². The molecule has 0 unspecified atom stereocenters. The van der Waals surface area contributed by atoms with Crippen LogP contribution < -0.4 is 19.5 Å². The average Bonchev–Trinajstić information content (AvgIpc) is 3.29. The summed E-state index contributed by atoms with van der Waals surface area (Å²) in [4.78, 5) is 32.1. The number of rotatable bonds is 5. The topological polar surface area (TPSA) is 96.1 Å². The molecule has 0 bridgehead atoms. The number of aromatic nitrogens is 1. The van der Waals surface area contributed by atoms with Crippen LogP contribution >= 0.6 is 0 Å². The Hall–Kier alpha value is -3.95. The zero-order chi connectivity index (χ0) is 23.5. The maximum atomic E-state index is 13.1. The number of piperazine rings is 1. The monoisotopic (exact) mass is 456 g/mol. The van der Waals surface area contributed by atoms with E-state index in [4.69, 9.17) is 14.2 Å². The van der Waals surface area contributed by atoms with Crippen LogP contribution in [0.1, 0.15) is 10.5 Å². The first-order valence-corrected chi connectivity index (χ1v) is 10.4. The second-order valence-electron chi connectivity index (χ2n) is 7.50. The molecule has 3 amide bonds. The Morgan fingerprint density at radius 3 is 2.15 bits per heavy atom. The Morgan fingerprint density at radius 2 is 1.55 bits per heavy atom. The number of methoxy groups -OCH3 is 3. The third-order valence-electron chi connectivity index (χ3n) is 5.62. The van der Waals surface area contributed by atoms with Crippen molar-refractivity contribution < 1.29 is 28.2 Å². The number of hydrogen-bond donors (Lipinski definition) is 2. The van der Waals surface area contributed by atoms with Crippen LogP contribution in [0.15, 0.2) is 36.4 Å². The van der Waals surface area contributed by atoms with Crippen molar-refractivity contribution >= 4 is 28.5 Å². The fraction of sp³-hybridized carbons (Fsp3) is 0.304. The Morgan fingerprint density at radius 1 is 0.909 bits per heavy atom. The summed E-state index contributed by atoms with van der Waals surface area (Å²) in [6.07, 6.45) is 0. The van der Waals surface area contributed by atoms with Crippen molar-refractivity contribution in [3.05, 3.63) is 47.9 Å². The molecule has 0 aliphatic carbocycles. The Bertz CT molecular complexity index is 1170. The van der Waals surface area contributed by atoms with Crippen molar-refractivity contribution in [2.75, 3.05) is 52.8 Å². The molecule has 9 nitrogen and oxygen atoms in total. The molecule has 33 heavy (non-hydrogen) atoms. The lowest BCUT2D eigenvalue weighted by Crippen LogP contribution is -2.51. The summed E-state index contributed by atoms with van der Waals surface area (Å²) in [5.41, 5.74) is 1.50. The minimum atomic E-state index is -0.370. The molecule has 3 aromatic rings. The predicted molar refractivity (Wildman–Crippen MR) is 121 cm³/mol. The van der Waals surface area contributed by atoms with Crippen LogP contribution in [0.4, 0.5) is 14.9 Å². The van der Waals surface area contributed by atoms with Crippen LogP contribution in [0.3, 0.4) is 0 Å². The van der Waals surface area contributed by atoms with Crippen molar-refractivity contribution in [3.63, 3.8) is 0 Å². The van der Waals surface area contributed by atoms with E-state index in [2.05, 4.69) is 10.3 Å². The molecular formula is C23H25FN4O5. The van der Waals surface area contributed by atoms with Gasteiger partial charge in [-0.2, -0.15) is 0 Å². The first-order valence-electron chi connectivity index (χ1n) is 10.4. The SMILES string of the molecule is COc1cc(OC)c2cc(C(=O)N3CCN(C(=O)Nc4ccc(F)cc4)CC3)[nH]c2c1OC. The number of benzene rings is 2. The van der Waals surface area contributed by atoms with E-state index in [9.17, 15) is 14.0 Å². The van der Waals surface area contributed by atoms with Gasteiger partial charge in [0.1, 0.15) is 17.3 Å². The van der Waals surface area contributed by atoms with Gasteiger partial charge in [-0.25, -0.2) is 9.18 Å². The number of nitrogens with zero attached hydrogens (tertiary/aromatic N) is 2. The van der Waals surface area contributed by atoms with Crippen molar-refractivity contribution in [2.24, 2.45) is 0 Å². The Balaban J connectivity index is 1.46. The summed E-state index contributed by atoms with van der Waals surface area (Å²) >= 11 is 0. The Kier molecular flexibility index (Phi) is 6.25. The lowest BCUT2D eigenvalue weighted by atomic mass is 10.2. The summed E-state index contributed by atoms with van der Waals surface area (Å²) < 4.78 is 29.3. The van der Waals surface area contributed by atoms with Gasteiger partial charge in [0.25, 0.3) is 5.91 Å². The largest absolute Gasteiger partial charge is 0.496 e. The zero-order valence-electron chi connectivity index (χ0n) is 18.6. The Labute approximate surface area is 190 Å². The number of halogens is 1. The van der Waals surface area contributed by atoms with Gasteiger partial charge in [-0.1, -0.05) is 0 Å². The van der Waals surface area contributed by atoms with Crippen LogP contribution in [0, 0.1) is 5.82 Å². The van der Waals surface area contributed by atoms with Gasteiger partial charge >= 0.3 is 6.03 Å². The highest BCUT2D eigenvalue weighted by molar-refractivity contribution is 6.02. The van der Waals surface area contributed by atoms with E-state index in [-0.39, 0.29) is 17.8 Å². The van der Waals surface area contributed by atoms with Crippen molar-refractivity contribution in [1.82, 2.24) is 14.8 Å². The number of carbonyl (C=O) groups is 2. The molecule has 10 heteroatoms. The van der Waals surface area contributed by atoms with E-state index in [1.165, 1.54) is 38.5 Å². The standard InChI is InChI=1S/C23H25FN4O5/c1-31-18-13-19(32-2)21(33-3)20-16(18)12-17(26-20)22(29)27-8-10-28(11-9-27)23(30)25-15-6-4-14(24)5-7-15/h4-7,12-13,26H,8-11H2,1-3H3,(H,25,30). The van der Waals surface area contributed by atoms with Crippen molar-refractivity contribution in [2.45, 2.75) is 0 Å². The molecule has 174 valence electrons. The summed E-state index contributed by atoms with van der Waals surface area (Å²) in [6.45, 7) is 1.50. The van der Waals surface area contributed by atoms with Crippen LogP contribution in [0.25, 0.3) is 10.9 Å². The van der Waals surface area contributed by atoms with Gasteiger partial charge in [-0.05, 0) is 30.3 Å². The molecule has 0 radical (unpaired) electrons. The summed E-state index contributed by atoms with van der Waals surface area (Å²) in [5, 5.41) is 3.44. The molecule has 2 heterocycles. The molecule has 4 rings (SSSR count). The molecule has 2 N–H and O–H groups in total. The minimum absolute atomic E-state index is 0.187. The highest BCUT2D eigenvalue weighted by atomic mass is 19.1. The molecule has 0 atom stereocenters. The van der Waals surface area contributed by atoms with E-state index < -0.39 is 0 Å². The second-order valence-corrected chi connectivity index (χ2v) is 7.50. The van der Waals surface area contributed by atoms with Gasteiger partial charge in [0.2, 0.25) is 0 Å². The number of anilines is 1. The highest BCUT2D eigenvalue weighted by Gasteiger charge is 2.27. The molecule has 1 saturated heterocycles. The first-order chi connectivity index (χ1) is 15.9. The molecule has 1 aliphatic rings. The summed E-state index contributed by atoms with van der Waals surface area (Å²) in [5.74, 6) is 0.969. The number of H-pyrrole nitrogens is 1. The van der Waals surface area contributed by atoms with E-state index in [0.29, 0.717) is 65.7 Å². The number of ether oxygens (including phenoxy) is 3. The molecule has 2 aromatic carbocycles. The second kappa shape index (κ2) is 9.27. The van der Waals surface area contributed by atoms with E-state index in [1.807, 2.05) is 0 Å². The van der Waals surface area contributed by atoms with Crippen molar-refractivity contribution in [3.8, 4) is 17.2 Å². The van der Waals surface area contributed by atoms with Gasteiger partial charge in [0.05, 0.1) is 26.8 Å². The highest BCUT2D eigenvalue weighted by Crippen LogP contribution is 2.41. The van der Waals surface area contributed by atoms with Gasteiger partial charge in [-0.15, -0.1) is 0 Å². The fourth-order valence-corrected chi connectivity index (χ4v) is 3.87. The van der Waals surface area contributed by atoms with Gasteiger partial charge < -0.3 is 34.3 Å². The number of amides is 3. The minimum Gasteiger partial charge on any atom is -0.496 e. The van der Waals surface area contributed by atoms with E-state index >= 15 is 0 Å². The molecule has 1 aliphatic heterocycles. The lowest BCUT2D eigenvalue weighted by Gasteiger charge is -2.34. The zero-order valence-corrected chi connectivity index (χ0v) is 18.6. The molecule has 1 fully saturated rings. The predicted octanol–water partition coefficient (Wildman–Crippen LogP) is 3.32. The van der Waals surface area contributed by atoms with Crippen LogP contribution in [0.2, 0.25) is 0 Å². The average molecular weight is 456 g/mol. The van der Waals surface area contributed by atoms with Crippen LogP contribution in [-0.2, 0) is 0 Å². The number of fused-ring (bicyclic) bond motifs is 1. The number of hydrogen-bond acceptors (Lipinski definition) is 5. The third kappa shape index (κ3) is 4.36. The summed E-state index contributed by atoms with van der Waals surface area (Å²) in [7, 11) is 4.61. The summed E-state index contributed by atoms with van der Waals surface area (Å²) in [6, 6.07) is 8.72. The van der Waals surface area contributed by atoms with Crippen molar-refractivity contribution in [1.29, 1.82) is 0 Å². The van der Waals surface area contributed by atoms with E-state index in [0.717, 1.165) is 0 Å². The third-order valence-corrected chi connectivity index (χ3v) is 5.62. The maximum Gasteiger partial charge on any atom is 0.321 e. The van der Waals surface area contributed by atoms with Gasteiger partial charge in [0.15, 0.2) is 11.5 Å². The molecule has 1 aromatic heterocycles.